The second-order valence-corrected chi connectivity index (χ2v) is 11.0. The third-order valence-electron chi connectivity index (χ3n) is 5.87. The highest BCUT2D eigenvalue weighted by atomic mass is 35.5. The first kappa shape index (κ1) is 29.0. The molecule has 0 aliphatic heterocycles. The van der Waals surface area contributed by atoms with Crippen LogP contribution in [0.5, 0.6) is 5.75 Å². The van der Waals surface area contributed by atoms with Gasteiger partial charge in [-0.2, -0.15) is 0 Å². The molecule has 0 aliphatic rings. The first-order chi connectivity index (χ1) is 18.1. The fraction of sp³-hybridized carbons (Fsp3) is 0.286. The summed E-state index contributed by atoms with van der Waals surface area (Å²) < 4.78 is 32.3. The Balaban J connectivity index is 1.82. The van der Waals surface area contributed by atoms with Crippen molar-refractivity contribution in [2.24, 2.45) is 0 Å². The van der Waals surface area contributed by atoms with Crippen LogP contribution in [0, 0.1) is 0 Å². The number of rotatable bonds is 12. The van der Waals surface area contributed by atoms with Gasteiger partial charge >= 0.3 is 0 Å². The highest BCUT2D eigenvalue weighted by Crippen LogP contribution is 2.24. The fourth-order valence-corrected chi connectivity index (χ4v) is 4.82. The molecule has 2 amide bonds. The predicted molar refractivity (Wildman–Crippen MR) is 150 cm³/mol. The number of carbonyl (C=O) groups excluding carboxylic acids is 2. The van der Waals surface area contributed by atoms with E-state index in [-0.39, 0.29) is 12.5 Å². The molecule has 0 radical (unpaired) electrons. The van der Waals surface area contributed by atoms with Crippen molar-refractivity contribution in [2.75, 3.05) is 23.7 Å². The van der Waals surface area contributed by atoms with Gasteiger partial charge in [0.05, 0.1) is 11.9 Å². The number of hydrogen-bond donors (Lipinski definition) is 1. The van der Waals surface area contributed by atoms with Gasteiger partial charge in [0.15, 0.2) is 0 Å². The van der Waals surface area contributed by atoms with Crippen LogP contribution in [0.2, 0.25) is 5.02 Å². The summed E-state index contributed by atoms with van der Waals surface area (Å²) in [7, 11) is -3.83. The number of nitrogens with zero attached hydrogens (tertiary/aromatic N) is 2. The van der Waals surface area contributed by atoms with Crippen LogP contribution in [-0.2, 0) is 32.8 Å². The second-order valence-electron chi connectivity index (χ2n) is 8.72. The largest absolute Gasteiger partial charge is 0.489 e. The van der Waals surface area contributed by atoms with Crippen LogP contribution in [-0.4, -0.2) is 50.5 Å². The zero-order valence-electron chi connectivity index (χ0n) is 21.6. The Morgan fingerprint density at radius 3 is 2.21 bits per heavy atom. The summed E-state index contributed by atoms with van der Waals surface area (Å²) in [6.45, 7) is 3.69. The van der Waals surface area contributed by atoms with Crippen LogP contribution in [0.1, 0.15) is 25.0 Å². The average Bonchev–Trinajstić information content (AvgIpc) is 2.90. The Morgan fingerprint density at radius 1 is 0.974 bits per heavy atom. The molecule has 1 N–H and O–H groups in total. The first-order valence-electron chi connectivity index (χ1n) is 12.1. The molecule has 0 heterocycles. The van der Waals surface area contributed by atoms with Gasteiger partial charge in [-0.05, 0) is 55.3 Å². The molecular formula is C28H32ClN3O5S. The smallest absolute Gasteiger partial charge is 0.244 e. The van der Waals surface area contributed by atoms with E-state index in [1.807, 2.05) is 30.3 Å². The molecule has 0 fully saturated rings. The molecule has 0 saturated carbocycles. The van der Waals surface area contributed by atoms with Crippen LogP contribution in [0.4, 0.5) is 5.69 Å². The highest BCUT2D eigenvalue weighted by molar-refractivity contribution is 7.92. The summed E-state index contributed by atoms with van der Waals surface area (Å²) >= 11 is 6.32. The van der Waals surface area contributed by atoms with Gasteiger partial charge in [-0.25, -0.2) is 8.42 Å². The molecular weight excluding hydrogens is 526 g/mol. The molecule has 0 aromatic heterocycles. The number of ether oxygens (including phenoxy) is 1. The van der Waals surface area contributed by atoms with Crippen molar-refractivity contribution in [2.45, 2.75) is 33.0 Å². The van der Waals surface area contributed by atoms with Gasteiger partial charge in [-0.15, -0.1) is 0 Å². The summed E-state index contributed by atoms with van der Waals surface area (Å²) in [5.74, 6) is -0.334. The van der Waals surface area contributed by atoms with Crippen LogP contribution in [0.3, 0.4) is 0 Å². The van der Waals surface area contributed by atoms with Gasteiger partial charge in [-0.1, -0.05) is 60.1 Å². The van der Waals surface area contributed by atoms with Crippen LogP contribution < -0.4 is 14.4 Å². The number of anilines is 1. The number of benzene rings is 3. The standard InChI is InChI=1S/C28H32ClN3O5S/c1-4-30-28(34)21(2)31(18-23-12-8-9-13-26(23)29)27(33)19-32(38(3,35)36)24-14-16-25(17-15-24)37-20-22-10-6-5-7-11-22/h5-17,21H,4,18-20H2,1-3H3,(H,30,34)/t21-/m0/s1. The van der Waals surface area contributed by atoms with E-state index >= 15 is 0 Å². The molecule has 38 heavy (non-hydrogen) atoms. The van der Waals surface area contributed by atoms with E-state index in [9.17, 15) is 18.0 Å². The molecule has 3 aromatic rings. The molecule has 202 valence electrons. The third kappa shape index (κ3) is 7.97. The maximum atomic E-state index is 13.5. The van der Waals surface area contributed by atoms with Gasteiger partial charge in [0.25, 0.3) is 0 Å². The molecule has 3 rings (SSSR count). The Labute approximate surface area is 229 Å². The molecule has 8 nitrogen and oxygen atoms in total. The number of sulfonamides is 1. The topological polar surface area (TPSA) is 96.0 Å². The lowest BCUT2D eigenvalue weighted by molar-refractivity contribution is -0.139. The number of halogens is 1. The maximum absolute atomic E-state index is 13.5. The molecule has 0 bridgehead atoms. The van der Waals surface area contributed by atoms with Crippen molar-refractivity contribution in [1.29, 1.82) is 0 Å². The Bertz CT molecular complexity index is 1330. The van der Waals surface area contributed by atoms with E-state index in [1.54, 1.807) is 62.4 Å². The molecule has 3 aromatic carbocycles. The summed E-state index contributed by atoms with van der Waals surface area (Å²) in [6, 6.07) is 22.3. The first-order valence-corrected chi connectivity index (χ1v) is 14.4. The van der Waals surface area contributed by atoms with Crippen LogP contribution in [0.25, 0.3) is 0 Å². The molecule has 10 heteroatoms. The lowest BCUT2D eigenvalue weighted by atomic mass is 10.1. The highest BCUT2D eigenvalue weighted by Gasteiger charge is 2.30. The fourth-order valence-electron chi connectivity index (χ4n) is 3.78. The number of carbonyl (C=O) groups is 2. The van der Waals surface area contributed by atoms with E-state index in [2.05, 4.69) is 5.32 Å². The van der Waals surface area contributed by atoms with Gasteiger partial charge in [0, 0.05) is 18.1 Å². The molecule has 0 saturated heterocycles. The normalized spacial score (nSPS) is 11.9. The van der Waals surface area contributed by atoms with Crippen molar-refractivity contribution >= 4 is 39.1 Å². The van der Waals surface area contributed by atoms with Gasteiger partial charge in [0.1, 0.15) is 24.9 Å². The summed E-state index contributed by atoms with van der Waals surface area (Å²) in [4.78, 5) is 27.5. The van der Waals surface area contributed by atoms with E-state index in [4.69, 9.17) is 16.3 Å². The summed E-state index contributed by atoms with van der Waals surface area (Å²) in [6.07, 6.45) is 1.03. The van der Waals surface area contributed by atoms with E-state index in [0.29, 0.717) is 35.2 Å². The zero-order valence-corrected chi connectivity index (χ0v) is 23.2. The Kier molecular flexibility index (Phi) is 10.2. The minimum absolute atomic E-state index is 0.0423. The number of hydrogen-bond acceptors (Lipinski definition) is 5. The number of likely N-dealkylation sites (N-methyl/N-ethyl adjacent to an activating group) is 1. The van der Waals surface area contributed by atoms with Crippen molar-refractivity contribution in [1.82, 2.24) is 10.2 Å². The number of amides is 2. The summed E-state index contributed by atoms with van der Waals surface area (Å²) in [5.41, 5.74) is 1.94. The monoisotopic (exact) mass is 557 g/mol. The summed E-state index contributed by atoms with van der Waals surface area (Å²) in [5, 5.41) is 3.16. The van der Waals surface area contributed by atoms with E-state index < -0.39 is 28.5 Å². The van der Waals surface area contributed by atoms with Crippen molar-refractivity contribution in [3.8, 4) is 5.75 Å². The van der Waals surface area contributed by atoms with Crippen molar-refractivity contribution < 1.29 is 22.7 Å². The van der Waals surface area contributed by atoms with Gasteiger partial charge in [0.2, 0.25) is 21.8 Å². The van der Waals surface area contributed by atoms with Crippen LogP contribution >= 0.6 is 11.6 Å². The quantitative estimate of drug-likeness (QED) is 0.359. The minimum atomic E-state index is -3.83. The van der Waals surface area contributed by atoms with E-state index in [0.717, 1.165) is 16.1 Å². The van der Waals surface area contributed by atoms with Crippen molar-refractivity contribution in [3.05, 3.63) is 95.0 Å². The minimum Gasteiger partial charge on any atom is -0.489 e. The van der Waals surface area contributed by atoms with Gasteiger partial charge < -0.3 is 15.0 Å². The Morgan fingerprint density at radius 2 is 1.61 bits per heavy atom. The van der Waals surface area contributed by atoms with Crippen LogP contribution in [0.15, 0.2) is 78.9 Å². The third-order valence-corrected chi connectivity index (χ3v) is 7.38. The van der Waals surface area contributed by atoms with E-state index in [1.165, 1.54) is 4.90 Å². The second kappa shape index (κ2) is 13.3. The SMILES string of the molecule is CCNC(=O)[C@H](C)N(Cc1ccccc1Cl)C(=O)CN(c1ccc(OCc2ccccc2)cc1)S(C)(=O)=O. The molecule has 0 unspecified atom stereocenters. The molecule has 0 aliphatic carbocycles. The average molecular weight is 558 g/mol. The Hall–Kier alpha value is -3.56. The zero-order chi connectivity index (χ0) is 27.7. The van der Waals surface area contributed by atoms with Crippen molar-refractivity contribution in [3.63, 3.8) is 0 Å². The van der Waals surface area contributed by atoms with Gasteiger partial charge in [-0.3, -0.25) is 13.9 Å². The molecule has 1 atom stereocenters. The molecule has 0 spiro atoms. The predicted octanol–water partition coefficient (Wildman–Crippen LogP) is 4.24. The number of nitrogens with one attached hydrogen (secondary N) is 1. The maximum Gasteiger partial charge on any atom is 0.244 e. The lowest BCUT2D eigenvalue weighted by Gasteiger charge is -2.31. The lowest BCUT2D eigenvalue weighted by Crippen LogP contribution is -2.51.